The van der Waals surface area contributed by atoms with Crippen molar-refractivity contribution in [3.8, 4) is 0 Å². The average molecular weight is 285 g/mol. The molecule has 0 unspecified atom stereocenters. The molecule has 3 heteroatoms. The zero-order chi connectivity index (χ0) is 13.5. The Balaban J connectivity index is 0.000000141. The maximum atomic E-state index is 4.98. The summed E-state index contributed by atoms with van der Waals surface area (Å²) in [4.78, 5) is 3.09. The van der Waals surface area contributed by atoms with E-state index in [9.17, 15) is 0 Å². The van der Waals surface area contributed by atoms with Crippen molar-refractivity contribution >= 4 is 33.8 Å². The highest BCUT2D eigenvalue weighted by atomic mass is 32.1. The molecule has 0 amide bonds. The second kappa shape index (κ2) is 7.02. The fraction of sp³-hybridized carbons (Fsp3) is 0.0625. The molecule has 0 aliphatic rings. The van der Waals surface area contributed by atoms with E-state index in [0.29, 0.717) is 0 Å². The summed E-state index contributed by atoms with van der Waals surface area (Å²) >= 11 is 6.59. The molecule has 96 valence electrons. The van der Waals surface area contributed by atoms with Gasteiger partial charge < -0.3 is 4.98 Å². The van der Waals surface area contributed by atoms with Crippen molar-refractivity contribution in [1.82, 2.24) is 4.98 Å². The Hall–Kier alpha value is -1.71. The molecule has 3 aromatic rings. The van der Waals surface area contributed by atoms with Gasteiger partial charge in [-0.2, -0.15) is 0 Å². The number of rotatable bonds is 2. The van der Waals surface area contributed by atoms with Gasteiger partial charge in [0.25, 0.3) is 0 Å². The molecule has 0 saturated heterocycles. The van der Waals surface area contributed by atoms with Crippen LogP contribution >= 0.6 is 23.6 Å². The lowest BCUT2D eigenvalue weighted by Gasteiger charge is -1.91. The number of para-hydroxylation sites is 1. The van der Waals surface area contributed by atoms with Crippen LogP contribution in [0.5, 0.6) is 0 Å². The SMILES string of the molecule is C=CCc1ccccc1.S=c1[nH]c2ccccc2s1. The highest BCUT2D eigenvalue weighted by molar-refractivity contribution is 7.73. The van der Waals surface area contributed by atoms with Gasteiger partial charge in [-0.15, -0.1) is 17.9 Å². The molecule has 0 saturated carbocycles. The molecule has 0 aliphatic heterocycles. The van der Waals surface area contributed by atoms with Gasteiger partial charge in [0.1, 0.15) is 0 Å². The van der Waals surface area contributed by atoms with Crippen molar-refractivity contribution in [2.45, 2.75) is 6.42 Å². The Kier molecular flexibility index (Phi) is 5.07. The predicted octanol–water partition coefficient (Wildman–Crippen LogP) is 5.37. The summed E-state index contributed by atoms with van der Waals surface area (Å²) < 4.78 is 2.08. The first-order valence-corrected chi connectivity index (χ1v) is 7.25. The number of hydrogen-bond acceptors (Lipinski definition) is 2. The molecular weight excluding hydrogens is 270 g/mol. The smallest absolute Gasteiger partial charge is 0.159 e. The van der Waals surface area contributed by atoms with E-state index in [0.717, 1.165) is 15.9 Å². The second-order valence-corrected chi connectivity index (χ2v) is 5.71. The number of allylic oxidation sites excluding steroid dienone is 1. The highest BCUT2D eigenvalue weighted by Crippen LogP contribution is 2.17. The van der Waals surface area contributed by atoms with Crippen LogP contribution in [0.1, 0.15) is 5.56 Å². The number of nitrogens with one attached hydrogen (secondary N) is 1. The van der Waals surface area contributed by atoms with Gasteiger partial charge in [0, 0.05) is 0 Å². The number of thiazole rings is 1. The van der Waals surface area contributed by atoms with Crippen LogP contribution in [0.4, 0.5) is 0 Å². The molecule has 0 spiro atoms. The quantitative estimate of drug-likeness (QED) is 0.494. The number of H-pyrrole nitrogens is 1. The van der Waals surface area contributed by atoms with Gasteiger partial charge in [0.2, 0.25) is 0 Å². The molecule has 1 nitrogen and oxygen atoms in total. The lowest BCUT2D eigenvalue weighted by Crippen LogP contribution is -1.75. The van der Waals surface area contributed by atoms with Crippen molar-refractivity contribution in [2.24, 2.45) is 0 Å². The fourth-order valence-electron chi connectivity index (χ4n) is 1.68. The summed E-state index contributed by atoms with van der Waals surface area (Å²) in [7, 11) is 0. The molecule has 1 heterocycles. The number of aromatic amines is 1. The lowest BCUT2D eigenvalue weighted by molar-refractivity contribution is 1.28. The van der Waals surface area contributed by atoms with Crippen LogP contribution in [0, 0.1) is 3.95 Å². The largest absolute Gasteiger partial charge is 0.337 e. The third-order valence-electron chi connectivity index (χ3n) is 2.55. The van der Waals surface area contributed by atoms with Crippen LogP contribution in [-0.2, 0) is 6.42 Å². The summed E-state index contributed by atoms with van der Waals surface area (Å²) in [6.45, 7) is 3.66. The third kappa shape index (κ3) is 4.16. The summed E-state index contributed by atoms with van der Waals surface area (Å²) in [5, 5.41) is 0. The summed E-state index contributed by atoms with van der Waals surface area (Å²) in [6.07, 6.45) is 2.89. The molecule has 0 bridgehead atoms. The first kappa shape index (κ1) is 13.7. The number of fused-ring (bicyclic) bond motifs is 1. The maximum Gasteiger partial charge on any atom is 0.159 e. The summed E-state index contributed by atoms with van der Waals surface area (Å²) in [6, 6.07) is 18.4. The van der Waals surface area contributed by atoms with Crippen LogP contribution in [-0.4, -0.2) is 4.98 Å². The van der Waals surface area contributed by atoms with Gasteiger partial charge in [-0.1, -0.05) is 48.5 Å². The Morgan fingerprint density at radius 1 is 1.05 bits per heavy atom. The second-order valence-electron chi connectivity index (χ2n) is 3.99. The number of benzene rings is 2. The first-order chi connectivity index (χ1) is 9.29. The van der Waals surface area contributed by atoms with Crippen molar-refractivity contribution in [1.29, 1.82) is 0 Å². The summed E-state index contributed by atoms with van der Waals surface area (Å²) in [5.41, 5.74) is 2.46. The Bertz CT molecular complexity index is 659. The molecule has 0 aliphatic carbocycles. The van der Waals surface area contributed by atoms with Crippen molar-refractivity contribution in [2.75, 3.05) is 0 Å². The molecule has 19 heavy (non-hydrogen) atoms. The maximum absolute atomic E-state index is 4.98. The number of hydrogen-bond donors (Lipinski definition) is 1. The molecule has 3 rings (SSSR count). The van der Waals surface area contributed by atoms with Gasteiger partial charge in [0.05, 0.1) is 10.2 Å². The van der Waals surface area contributed by atoms with E-state index in [4.69, 9.17) is 12.2 Å². The van der Waals surface area contributed by atoms with E-state index in [2.05, 4.69) is 29.8 Å². The normalized spacial score (nSPS) is 9.68. The van der Waals surface area contributed by atoms with Gasteiger partial charge in [-0.25, -0.2) is 0 Å². The minimum absolute atomic E-state index is 0.848. The Morgan fingerprint density at radius 3 is 2.42 bits per heavy atom. The molecule has 0 radical (unpaired) electrons. The van der Waals surface area contributed by atoms with Crippen molar-refractivity contribution in [3.63, 3.8) is 0 Å². The molecule has 2 aromatic carbocycles. The van der Waals surface area contributed by atoms with Crippen LogP contribution in [0.15, 0.2) is 67.3 Å². The zero-order valence-electron chi connectivity index (χ0n) is 10.5. The van der Waals surface area contributed by atoms with Gasteiger partial charge in [-0.3, -0.25) is 0 Å². The topological polar surface area (TPSA) is 15.8 Å². The van der Waals surface area contributed by atoms with E-state index in [1.165, 1.54) is 10.3 Å². The molecule has 0 atom stereocenters. The van der Waals surface area contributed by atoms with Gasteiger partial charge in [-0.05, 0) is 36.3 Å². The average Bonchev–Trinajstić information content (AvgIpc) is 2.81. The Labute approximate surface area is 122 Å². The van der Waals surface area contributed by atoms with Crippen LogP contribution in [0.3, 0.4) is 0 Å². The van der Waals surface area contributed by atoms with Gasteiger partial charge in [0.15, 0.2) is 3.95 Å². The summed E-state index contributed by atoms with van der Waals surface area (Å²) in [5.74, 6) is 0. The third-order valence-corrected chi connectivity index (χ3v) is 3.76. The predicted molar refractivity (Wildman–Crippen MR) is 87.4 cm³/mol. The molecular formula is C16H15NS2. The molecule has 1 aromatic heterocycles. The van der Waals surface area contributed by atoms with E-state index in [1.807, 2.05) is 42.5 Å². The standard InChI is InChI=1S/C9H10.C7H5NS2/c1-2-6-9-7-4-3-5-8-9;9-7-8-5-3-1-2-4-6(5)10-7/h2-5,7-8H,1,6H2;1-4H,(H,8,9). The highest BCUT2D eigenvalue weighted by Gasteiger charge is 1.91. The first-order valence-electron chi connectivity index (χ1n) is 6.02. The minimum Gasteiger partial charge on any atom is -0.337 e. The number of aromatic nitrogens is 1. The van der Waals surface area contributed by atoms with Gasteiger partial charge >= 0.3 is 0 Å². The molecule has 0 fully saturated rings. The fourth-order valence-corrected chi connectivity index (χ4v) is 2.79. The van der Waals surface area contributed by atoms with Crippen LogP contribution in [0.2, 0.25) is 0 Å². The van der Waals surface area contributed by atoms with E-state index >= 15 is 0 Å². The van der Waals surface area contributed by atoms with Crippen LogP contribution in [0.25, 0.3) is 10.2 Å². The minimum atomic E-state index is 0.848. The van der Waals surface area contributed by atoms with Crippen LogP contribution < -0.4 is 0 Å². The zero-order valence-corrected chi connectivity index (χ0v) is 12.1. The monoisotopic (exact) mass is 285 g/mol. The van der Waals surface area contributed by atoms with Crippen molar-refractivity contribution < 1.29 is 0 Å². The lowest BCUT2D eigenvalue weighted by atomic mass is 10.2. The van der Waals surface area contributed by atoms with E-state index < -0.39 is 0 Å². The molecule has 1 N–H and O–H groups in total. The van der Waals surface area contributed by atoms with Crippen molar-refractivity contribution in [3.05, 3.63) is 76.8 Å². The Morgan fingerprint density at radius 2 is 1.74 bits per heavy atom. The van der Waals surface area contributed by atoms with E-state index in [1.54, 1.807) is 11.3 Å². The van der Waals surface area contributed by atoms with E-state index in [-0.39, 0.29) is 0 Å².